The number of unbranched alkanes of at least 4 members (excludes halogenated alkanes) is 1. The van der Waals surface area contributed by atoms with Crippen LogP contribution in [0.5, 0.6) is 0 Å². The Kier molecular flexibility index (Phi) is 7.21. The van der Waals surface area contributed by atoms with Crippen LogP contribution >= 0.6 is 0 Å². The Balaban J connectivity index is 2.06. The SMILES string of the molecule is CCCCOCC(=O)NC1CCC(CO)CC1. The molecule has 4 nitrogen and oxygen atoms in total. The zero-order valence-electron chi connectivity index (χ0n) is 10.8. The molecule has 1 aliphatic rings. The quantitative estimate of drug-likeness (QED) is 0.666. The molecule has 0 radical (unpaired) electrons. The summed E-state index contributed by atoms with van der Waals surface area (Å²) in [5.41, 5.74) is 0. The van der Waals surface area contributed by atoms with Gasteiger partial charge in [-0.3, -0.25) is 4.79 Å². The molecule has 1 aliphatic carbocycles. The van der Waals surface area contributed by atoms with Gasteiger partial charge in [-0.05, 0) is 38.0 Å². The second-order valence-electron chi connectivity index (χ2n) is 4.87. The van der Waals surface area contributed by atoms with Gasteiger partial charge in [0, 0.05) is 19.3 Å². The fourth-order valence-corrected chi connectivity index (χ4v) is 2.17. The molecule has 0 unspecified atom stereocenters. The number of amides is 1. The van der Waals surface area contributed by atoms with Gasteiger partial charge in [0.25, 0.3) is 0 Å². The lowest BCUT2D eigenvalue weighted by Crippen LogP contribution is -2.39. The molecule has 0 aliphatic heterocycles. The summed E-state index contributed by atoms with van der Waals surface area (Å²) in [4.78, 5) is 11.5. The summed E-state index contributed by atoms with van der Waals surface area (Å²) in [6.07, 6.45) is 6.08. The summed E-state index contributed by atoms with van der Waals surface area (Å²) in [6.45, 7) is 3.23. The summed E-state index contributed by atoms with van der Waals surface area (Å²) >= 11 is 0. The molecule has 0 heterocycles. The molecular formula is C13H25NO3. The average Bonchev–Trinajstić information content (AvgIpc) is 2.36. The Morgan fingerprint density at radius 1 is 1.35 bits per heavy atom. The maximum atomic E-state index is 11.5. The van der Waals surface area contributed by atoms with E-state index in [1.807, 2.05) is 0 Å². The zero-order chi connectivity index (χ0) is 12.5. The van der Waals surface area contributed by atoms with E-state index in [4.69, 9.17) is 9.84 Å². The van der Waals surface area contributed by atoms with E-state index in [0.29, 0.717) is 12.5 Å². The Morgan fingerprint density at radius 2 is 2.06 bits per heavy atom. The fraction of sp³-hybridized carbons (Fsp3) is 0.923. The van der Waals surface area contributed by atoms with E-state index in [9.17, 15) is 4.79 Å². The smallest absolute Gasteiger partial charge is 0.246 e. The first-order valence-corrected chi connectivity index (χ1v) is 6.74. The molecule has 0 aromatic heterocycles. The third-order valence-electron chi connectivity index (χ3n) is 3.35. The van der Waals surface area contributed by atoms with Crippen LogP contribution in [-0.4, -0.2) is 36.9 Å². The molecule has 1 fully saturated rings. The van der Waals surface area contributed by atoms with Crippen LogP contribution < -0.4 is 5.32 Å². The maximum absolute atomic E-state index is 11.5. The molecule has 0 saturated heterocycles. The molecule has 0 spiro atoms. The number of aliphatic hydroxyl groups is 1. The van der Waals surface area contributed by atoms with Gasteiger partial charge in [-0.25, -0.2) is 0 Å². The van der Waals surface area contributed by atoms with Crippen LogP contribution in [0.1, 0.15) is 45.4 Å². The predicted octanol–water partition coefficient (Wildman–Crippen LogP) is 1.47. The Hall–Kier alpha value is -0.610. The Labute approximate surface area is 104 Å². The van der Waals surface area contributed by atoms with E-state index in [-0.39, 0.29) is 25.2 Å². The first-order chi connectivity index (χ1) is 8.26. The van der Waals surface area contributed by atoms with Crippen molar-refractivity contribution in [3.8, 4) is 0 Å². The summed E-state index contributed by atoms with van der Waals surface area (Å²) in [5.74, 6) is 0.428. The van der Waals surface area contributed by atoms with Crippen molar-refractivity contribution in [3.05, 3.63) is 0 Å². The first kappa shape index (κ1) is 14.5. The van der Waals surface area contributed by atoms with Gasteiger partial charge in [0.1, 0.15) is 6.61 Å². The molecule has 0 bridgehead atoms. The van der Waals surface area contributed by atoms with Crippen LogP contribution in [-0.2, 0) is 9.53 Å². The van der Waals surface area contributed by atoms with Gasteiger partial charge in [-0.1, -0.05) is 13.3 Å². The van der Waals surface area contributed by atoms with Crippen molar-refractivity contribution in [1.82, 2.24) is 5.32 Å². The molecule has 0 aromatic rings. The largest absolute Gasteiger partial charge is 0.396 e. The molecule has 0 aromatic carbocycles. The number of rotatable bonds is 7. The molecule has 4 heteroatoms. The van der Waals surface area contributed by atoms with Gasteiger partial charge in [0.2, 0.25) is 5.91 Å². The van der Waals surface area contributed by atoms with Crippen LogP contribution in [0.4, 0.5) is 0 Å². The summed E-state index contributed by atoms with van der Waals surface area (Å²) in [7, 11) is 0. The summed E-state index contributed by atoms with van der Waals surface area (Å²) < 4.78 is 5.27. The lowest BCUT2D eigenvalue weighted by atomic mass is 9.86. The predicted molar refractivity (Wildman–Crippen MR) is 66.7 cm³/mol. The van der Waals surface area contributed by atoms with Crippen LogP contribution in [0.2, 0.25) is 0 Å². The number of aliphatic hydroxyl groups excluding tert-OH is 1. The minimum Gasteiger partial charge on any atom is -0.396 e. The molecular weight excluding hydrogens is 218 g/mol. The van der Waals surface area contributed by atoms with Crippen molar-refractivity contribution >= 4 is 5.91 Å². The van der Waals surface area contributed by atoms with Gasteiger partial charge >= 0.3 is 0 Å². The monoisotopic (exact) mass is 243 g/mol. The topological polar surface area (TPSA) is 58.6 Å². The normalized spacial score (nSPS) is 24.6. The van der Waals surface area contributed by atoms with Gasteiger partial charge < -0.3 is 15.2 Å². The van der Waals surface area contributed by atoms with E-state index in [0.717, 1.165) is 38.5 Å². The number of hydrogen-bond donors (Lipinski definition) is 2. The molecule has 1 rings (SSSR count). The highest BCUT2D eigenvalue weighted by Gasteiger charge is 2.21. The lowest BCUT2D eigenvalue weighted by molar-refractivity contribution is -0.126. The van der Waals surface area contributed by atoms with E-state index in [2.05, 4.69) is 12.2 Å². The second-order valence-corrected chi connectivity index (χ2v) is 4.87. The molecule has 1 saturated carbocycles. The summed E-state index contributed by atoms with van der Waals surface area (Å²) in [5, 5.41) is 12.0. The molecule has 17 heavy (non-hydrogen) atoms. The number of hydrogen-bond acceptors (Lipinski definition) is 3. The van der Waals surface area contributed by atoms with E-state index in [1.54, 1.807) is 0 Å². The van der Waals surface area contributed by atoms with Crippen molar-refractivity contribution in [3.63, 3.8) is 0 Å². The molecule has 0 atom stereocenters. The zero-order valence-corrected chi connectivity index (χ0v) is 10.8. The minimum atomic E-state index is -0.00597. The number of nitrogens with one attached hydrogen (secondary N) is 1. The fourth-order valence-electron chi connectivity index (χ4n) is 2.17. The number of ether oxygens (including phenoxy) is 1. The minimum absolute atomic E-state index is 0.00597. The molecule has 100 valence electrons. The maximum Gasteiger partial charge on any atom is 0.246 e. The molecule has 2 N–H and O–H groups in total. The van der Waals surface area contributed by atoms with Crippen LogP contribution in [0.15, 0.2) is 0 Å². The lowest BCUT2D eigenvalue weighted by Gasteiger charge is -2.27. The Morgan fingerprint density at radius 3 is 2.65 bits per heavy atom. The van der Waals surface area contributed by atoms with Crippen molar-refractivity contribution in [2.24, 2.45) is 5.92 Å². The van der Waals surface area contributed by atoms with Crippen molar-refractivity contribution in [1.29, 1.82) is 0 Å². The van der Waals surface area contributed by atoms with Gasteiger partial charge in [-0.15, -0.1) is 0 Å². The van der Waals surface area contributed by atoms with Gasteiger partial charge in [0.05, 0.1) is 0 Å². The van der Waals surface area contributed by atoms with Crippen molar-refractivity contribution in [2.45, 2.75) is 51.5 Å². The van der Waals surface area contributed by atoms with Crippen molar-refractivity contribution < 1.29 is 14.6 Å². The second kappa shape index (κ2) is 8.48. The highest BCUT2D eigenvalue weighted by atomic mass is 16.5. The number of carbonyl (C=O) groups is 1. The Bertz CT molecular complexity index is 213. The average molecular weight is 243 g/mol. The van der Waals surface area contributed by atoms with Crippen LogP contribution in [0, 0.1) is 5.92 Å². The standard InChI is InChI=1S/C13H25NO3/c1-2-3-8-17-10-13(16)14-12-6-4-11(9-15)5-7-12/h11-12,15H,2-10H2,1H3,(H,14,16). The van der Waals surface area contributed by atoms with E-state index < -0.39 is 0 Å². The highest BCUT2D eigenvalue weighted by Crippen LogP contribution is 2.23. The first-order valence-electron chi connectivity index (χ1n) is 6.74. The van der Waals surface area contributed by atoms with E-state index in [1.165, 1.54) is 0 Å². The molecule has 1 amide bonds. The van der Waals surface area contributed by atoms with Gasteiger partial charge in [-0.2, -0.15) is 0 Å². The summed E-state index contributed by atoms with van der Waals surface area (Å²) in [6, 6.07) is 0.278. The van der Waals surface area contributed by atoms with Gasteiger partial charge in [0.15, 0.2) is 0 Å². The van der Waals surface area contributed by atoms with Crippen molar-refractivity contribution in [2.75, 3.05) is 19.8 Å². The third kappa shape index (κ3) is 6.03. The third-order valence-corrected chi connectivity index (χ3v) is 3.35. The number of carbonyl (C=O) groups excluding carboxylic acids is 1. The highest BCUT2D eigenvalue weighted by molar-refractivity contribution is 5.77. The van der Waals surface area contributed by atoms with Crippen LogP contribution in [0.25, 0.3) is 0 Å². The van der Waals surface area contributed by atoms with E-state index >= 15 is 0 Å². The van der Waals surface area contributed by atoms with Crippen LogP contribution in [0.3, 0.4) is 0 Å².